The number of unbranched alkanes of at least 4 members (excludes halogenated alkanes) is 10. The third-order valence-electron chi connectivity index (χ3n) is 5.29. The minimum absolute atomic E-state index is 0.104. The first-order valence-electron chi connectivity index (χ1n) is 9.54. The second-order valence-corrected chi connectivity index (χ2v) is 7.18. The Morgan fingerprint density at radius 1 is 0.810 bits per heavy atom. The van der Waals surface area contributed by atoms with Crippen molar-refractivity contribution in [3.8, 4) is 0 Å². The summed E-state index contributed by atoms with van der Waals surface area (Å²) in [5.74, 6) is 0. The minimum atomic E-state index is -0.164. The molecule has 21 heavy (non-hydrogen) atoms. The van der Waals surface area contributed by atoms with Crippen molar-refractivity contribution in [1.82, 2.24) is 0 Å². The number of rotatable bonds is 15. The SMILES string of the molecule is CCCCCCCCCCCCCC(O)C1(CCO)CC1. The van der Waals surface area contributed by atoms with Gasteiger partial charge in [-0.05, 0) is 31.1 Å². The third-order valence-corrected chi connectivity index (χ3v) is 5.29. The van der Waals surface area contributed by atoms with Gasteiger partial charge in [-0.3, -0.25) is 0 Å². The van der Waals surface area contributed by atoms with E-state index in [4.69, 9.17) is 5.11 Å². The van der Waals surface area contributed by atoms with Gasteiger partial charge in [0.2, 0.25) is 0 Å². The van der Waals surface area contributed by atoms with E-state index in [1.807, 2.05) is 0 Å². The van der Waals surface area contributed by atoms with E-state index in [1.165, 1.54) is 64.2 Å². The highest BCUT2D eigenvalue weighted by atomic mass is 16.3. The highest BCUT2D eigenvalue weighted by Gasteiger charge is 2.47. The normalized spacial score (nSPS) is 17.9. The summed E-state index contributed by atoms with van der Waals surface area (Å²) in [6.45, 7) is 2.50. The zero-order valence-corrected chi connectivity index (χ0v) is 14.3. The lowest BCUT2D eigenvalue weighted by Crippen LogP contribution is -2.22. The minimum Gasteiger partial charge on any atom is -0.396 e. The molecule has 1 unspecified atom stereocenters. The van der Waals surface area contributed by atoms with Gasteiger partial charge in [-0.25, -0.2) is 0 Å². The molecule has 2 N–H and O–H groups in total. The van der Waals surface area contributed by atoms with E-state index in [0.29, 0.717) is 0 Å². The van der Waals surface area contributed by atoms with Gasteiger partial charge in [0.25, 0.3) is 0 Å². The molecule has 1 atom stereocenters. The lowest BCUT2D eigenvalue weighted by atomic mass is 9.91. The maximum Gasteiger partial charge on any atom is 0.0597 e. The Labute approximate surface area is 132 Å². The second-order valence-electron chi connectivity index (χ2n) is 7.18. The molecule has 0 spiro atoms. The average molecular weight is 299 g/mol. The van der Waals surface area contributed by atoms with Crippen LogP contribution in [0.1, 0.15) is 103 Å². The summed E-state index contributed by atoms with van der Waals surface area (Å²) < 4.78 is 0. The van der Waals surface area contributed by atoms with Gasteiger partial charge in [-0.2, -0.15) is 0 Å². The van der Waals surface area contributed by atoms with Crippen molar-refractivity contribution >= 4 is 0 Å². The number of hydrogen-bond acceptors (Lipinski definition) is 2. The smallest absolute Gasteiger partial charge is 0.0597 e. The Kier molecular flexibility index (Phi) is 10.4. The molecule has 0 bridgehead atoms. The summed E-state index contributed by atoms with van der Waals surface area (Å²) in [6.07, 6.45) is 18.7. The molecule has 0 aromatic carbocycles. The summed E-state index contributed by atoms with van der Waals surface area (Å²) in [6, 6.07) is 0. The fraction of sp³-hybridized carbons (Fsp3) is 1.00. The van der Waals surface area contributed by atoms with Crippen LogP contribution in [0.5, 0.6) is 0 Å². The molecular weight excluding hydrogens is 260 g/mol. The van der Waals surface area contributed by atoms with Crippen molar-refractivity contribution in [2.24, 2.45) is 5.41 Å². The van der Waals surface area contributed by atoms with Gasteiger partial charge in [0.05, 0.1) is 6.10 Å². The fourth-order valence-electron chi connectivity index (χ4n) is 3.44. The first kappa shape index (κ1) is 19.0. The van der Waals surface area contributed by atoms with Crippen molar-refractivity contribution in [3.05, 3.63) is 0 Å². The van der Waals surface area contributed by atoms with Crippen LogP contribution in [0.2, 0.25) is 0 Å². The Bertz CT molecular complexity index is 236. The first-order chi connectivity index (χ1) is 10.2. The molecule has 0 radical (unpaired) electrons. The van der Waals surface area contributed by atoms with Crippen LogP contribution in [0.4, 0.5) is 0 Å². The molecular formula is C19H38O2. The molecule has 1 aliphatic rings. The topological polar surface area (TPSA) is 40.5 Å². The quantitative estimate of drug-likeness (QED) is 0.407. The van der Waals surface area contributed by atoms with Crippen molar-refractivity contribution < 1.29 is 10.2 Å². The summed E-state index contributed by atoms with van der Waals surface area (Å²) in [5, 5.41) is 19.2. The molecule has 1 saturated carbocycles. The molecule has 1 rings (SSSR count). The Hall–Kier alpha value is -0.0800. The van der Waals surface area contributed by atoms with E-state index in [1.54, 1.807) is 0 Å². The molecule has 0 aromatic rings. The van der Waals surface area contributed by atoms with Crippen LogP contribution in [0.3, 0.4) is 0 Å². The van der Waals surface area contributed by atoms with Crippen molar-refractivity contribution in [1.29, 1.82) is 0 Å². The molecule has 0 heterocycles. The van der Waals surface area contributed by atoms with Gasteiger partial charge in [0, 0.05) is 6.61 Å². The predicted octanol–water partition coefficient (Wildman–Crippen LogP) is 5.21. The Balaban J connectivity index is 1.82. The lowest BCUT2D eigenvalue weighted by molar-refractivity contribution is 0.0643. The summed E-state index contributed by atoms with van der Waals surface area (Å²) in [4.78, 5) is 0. The molecule has 1 aliphatic carbocycles. The number of aliphatic hydroxyl groups is 2. The standard InChI is InChI=1S/C19H38O2/c1-2-3-4-5-6-7-8-9-10-11-12-13-18(21)19(14-15-19)16-17-20/h18,20-21H,2-17H2,1H3. The average Bonchev–Trinajstić information content (AvgIpc) is 3.26. The number of hydrogen-bond donors (Lipinski definition) is 2. The van der Waals surface area contributed by atoms with Crippen LogP contribution in [0.25, 0.3) is 0 Å². The van der Waals surface area contributed by atoms with Gasteiger partial charge in [-0.15, -0.1) is 0 Å². The fourth-order valence-corrected chi connectivity index (χ4v) is 3.44. The lowest BCUT2D eigenvalue weighted by Gasteiger charge is -2.21. The third kappa shape index (κ3) is 8.21. The molecule has 0 aromatic heterocycles. The largest absolute Gasteiger partial charge is 0.396 e. The zero-order chi connectivity index (χ0) is 15.4. The molecule has 126 valence electrons. The zero-order valence-electron chi connectivity index (χ0n) is 14.3. The molecule has 0 saturated heterocycles. The van der Waals surface area contributed by atoms with Crippen LogP contribution < -0.4 is 0 Å². The predicted molar refractivity (Wildman–Crippen MR) is 90.5 cm³/mol. The molecule has 0 aliphatic heterocycles. The summed E-state index contributed by atoms with van der Waals surface area (Å²) in [5.41, 5.74) is 0.104. The van der Waals surface area contributed by atoms with Crippen LogP contribution >= 0.6 is 0 Å². The van der Waals surface area contributed by atoms with E-state index < -0.39 is 0 Å². The molecule has 1 fully saturated rings. The van der Waals surface area contributed by atoms with Crippen molar-refractivity contribution in [2.75, 3.05) is 6.61 Å². The molecule has 2 nitrogen and oxygen atoms in total. The summed E-state index contributed by atoms with van der Waals surface area (Å²) >= 11 is 0. The Morgan fingerprint density at radius 2 is 1.29 bits per heavy atom. The van der Waals surface area contributed by atoms with E-state index in [-0.39, 0.29) is 18.1 Å². The van der Waals surface area contributed by atoms with Crippen LogP contribution in [-0.2, 0) is 0 Å². The maximum atomic E-state index is 10.2. The molecule has 0 amide bonds. The maximum absolute atomic E-state index is 10.2. The number of aliphatic hydroxyl groups excluding tert-OH is 2. The Morgan fingerprint density at radius 3 is 1.71 bits per heavy atom. The van der Waals surface area contributed by atoms with Crippen molar-refractivity contribution in [3.63, 3.8) is 0 Å². The van der Waals surface area contributed by atoms with E-state index in [2.05, 4.69) is 6.92 Å². The van der Waals surface area contributed by atoms with Gasteiger partial charge in [0.15, 0.2) is 0 Å². The van der Waals surface area contributed by atoms with Gasteiger partial charge < -0.3 is 10.2 Å². The van der Waals surface area contributed by atoms with E-state index in [9.17, 15) is 5.11 Å². The first-order valence-corrected chi connectivity index (χ1v) is 9.54. The van der Waals surface area contributed by atoms with Crippen LogP contribution in [0, 0.1) is 5.41 Å². The van der Waals surface area contributed by atoms with Gasteiger partial charge in [-0.1, -0.05) is 77.6 Å². The highest BCUT2D eigenvalue weighted by molar-refractivity contribution is 4.98. The van der Waals surface area contributed by atoms with Crippen molar-refractivity contribution in [2.45, 2.75) is 109 Å². The highest BCUT2D eigenvalue weighted by Crippen LogP contribution is 2.52. The summed E-state index contributed by atoms with van der Waals surface area (Å²) in [7, 11) is 0. The van der Waals surface area contributed by atoms with E-state index in [0.717, 1.165) is 32.1 Å². The molecule has 2 heteroatoms. The van der Waals surface area contributed by atoms with Crippen LogP contribution in [0.15, 0.2) is 0 Å². The van der Waals surface area contributed by atoms with E-state index >= 15 is 0 Å². The van der Waals surface area contributed by atoms with Gasteiger partial charge in [0.1, 0.15) is 0 Å². The van der Waals surface area contributed by atoms with Gasteiger partial charge >= 0.3 is 0 Å². The second kappa shape index (κ2) is 11.5. The monoisotopic (exact) mass is 298 g/mol. The van der Waals surface area contributed by atoms with Crippen LogP contribution in [-0.4, -0.2) is 22.9 Å².